The van der Waals surface area contributed by atoms with Crippen molar-refractivity contribution in [3.05, 3.63) is 64.2 Å². The van der Waals surface area contributed by atoms with E-state index in [0.29, 0.717) is 35.3 Å². The number of nitrogens with zero attached hydrogens (tertiary/aromatic N) is 2. The summed E-state index contributed by atoms with van der Waals surface area (Å²) in [5, 5.41) is 0. The minimum atomic E-state index is -0.278. The van der Waals surface area contributed by atoms with Crippen molar-refractivity contribution in [2.24, 2.45) is 0 Å². The molecule has 1 amide bonds. The van der Waals surface area contributed by atoms with Crippen molar-refractivity contribution >= 4 is 32.9 Å². The van der Waals surface area contributed by atoms with Crippen LogP contribution in [0.5, 0.6) is 0 Å². The highest BCUT2D eigenvalue weighted by atomic mass is 79.9. The van der Waals surface area contributed by atoms with Crippen LogP contribution in [0.1, 0.15) is 36.6 Å². The van der Waals surface area contributed by atoms with E-state index in [0.717, 1.165) is 30.5 Å². The lowest BCUT2D eigenvalue weighted by Crippen LogP contribution is -2.39. The maximum absolute atomic E-state index is 14.0. The Morgan fingerprint density at radius 1 is 1.30 bits per heavy atom. The summed E-state index contributed by atoms with van der Waals surface area (Å²) in [4.78, 5) is 19.1. The maximum Gasteiger partial charge on any atom is 0.222 e. The molecule has 2 heterocycles. The second kappa shape index (κ2) is 7.80. The molecule has 1 unspecified atom stereocenters. The highest BCUT2D eigenvalue weighted by molar-refractivity contribution is 9.10. The van der Waals surface area contributed by atoms with Gasteiger partial charge in [-0.05, 0) is 49.1 Å². The van der Waals surface area contributed by atoms with Gasteiger partial charge in [0, 0.05) is 24.0 Å². The van der Waals surface area contributed by atoms with Crippen molar-refractivity contribution in [1.82, 2.24) is 9.88 Å². The van der Waals surface area contributed by atoms with E-state index in [-0.39, 0.29) is 17.6 Å². The first-order valence-corrected chi connectivity index (χ1v) is 9.96. The Hall–Kier alpha value is -2.21. The van der Waals surface area contributed by atoms with Gasteiger partial charge in [-0.25, -0.2) is 9.37 Å². The third-order valence-corrected chi connectivity index (χ3v) is 5.55. The number of piperidine rings is 1. The molecular weight excluding hydrogens is 411 g/mol. The number of rotatable bonds is 4. The van der Waals surface area contributed by atoms with Crippen LogP contribution in [0.2, 0.25) is 0 Å². The number of hydrogen-bond donors (Lipinski definition) is 0. The molecule has 3 aromatic rings. The van der Waals surface area contributed by atoms with Gasteiger partial charge in [-0.3, -0.25) is 4.79 Å². The summed E-state index contributed by atoms with van der Waals surface area (Å²) < 4.78 is 20.5. The Morgan fingerprint density at radius 2 is 2.15 bits per heavy atom. The molecule has 0 bridgehead atoms. The Morgan fingerprint density at radius 3 is 2.96 bits per heavy atom. The van der Waals surface area contributed by atoms with E-state index < -0.39 is 0 Å². The standard InChI is InChI=1S/C21H20BrFN2O2/c22-16-9-7-14(17(23)12-16)8-10-20(26)25-11-3-4-15(13-25)21-24-18-5-1-2-6-19(18)27-21/h1-2,5-7,9,12,15H,3-4,8,10-11,13H2. The summed E-state index contributed by atoms with van der Waals surface area (Å²) in [5.74, 6) is 0.588. The molecule has 2 aromatic carbocycles. The topological polar surface area (TPSA) is 46.3 Å². The van der Waals surface area contributed by atoms with Gasteiger partial charge in [0.2, 0.25) is 5.91 Å². The van der Waals surface area contributed by atoms with Crippen LogP contribution in [-0.4, -0.2) is 28.9 Å². The molecule has 0 N–H and O–H groups in total. The van der Waals surface area contributed by atoms with Crippen molar-refractivity contribution in [2.75, 3.05) is 13.1 Å². The van der Waals surface area contributed by atoms with Crippen molar-refractivity contribution in [1.29, 1.82) is 0 Å². The second-order valence-corrected chi connectivity index (χ2v) is 7.85. The number of amides is 1. The molecule has 0 spiro atoms. The monoisotopic (exact) mass is 430 g/mol. The number of oxazole rings is 1. The van der Waals surface area contributed by atoms with E-state index in [9.17, 15) is 9.18 Å². The minimum absolute atomic E-state index is 0.0538. The molecule has 4 rings (SSSR count). The Bertz CT molecular complexity index is 939. The number of fused-ring (bicyclic) bond motifs is 1. The molecule has 1 fully saturated rings. The molecule has 1 aliphatic heterocycles. The molecule has 1 aromatic heterocycles. The van der Waals surface area contributed by atoms with Gasteiger partial charge in [0.25, 0.3) is 0 Å². The van der Waals surface area contributed by atoms with Crippen molar-refractivity contribution in [2.45, 2.75) is 31.6 Å². The molecule has 0 radical (unpaired) electrons. The van der Waals surface area contributed by atoms with E-state index in [1.54, 1.807) is 12.1 Å². The first kappa shape index (κ1) is 18.2. The van der Waals surface area contributed by atoms with Crippen molar-refractivity contribution in [3.8, 4) is 0 Å². The van der Waals surface area contributed by atoms with E-state index in [1.807, 2.05) is 29.2 Å². The van der Waals surface area contributed by atoms with Gasteiger partial charge in [-0.2, -0.15) is 0 Å². The van der Waals surface area contributed by atoms with Gasteiger partial charge >= 0.3 is 0 Å². The Balaban J connectivity index is 1.40. The van der Waals surface area contributed by atoms with E-state index in [4.69, 9.17) is 4.42 Å². The zero-order chi connectivity index (χ0) is 18.8. The van der Waals surface area contributed by atoms with Crippen LogP contribution in [0, 0.1) is 5.82 Å². The van der Waals surface area contributed by atoms with Gasteiger partial charge in [0.15, 0.2) is 11.5 Å². The van der Waals surface area contributed by atoms with Gasteiger partial charge < -0.3 is 9.32 Å². The zero-order valence-corrected chi connectivity index (χ0v) is 16.4. The molecule has 1 aliphatic rings. The Labute approximate surface area is 165 Å². The molecule has 1 saturated heterocycles. The average Bonchev–Trinajstić information content (AvgIpc) is 3.11. The second-order valence-electron chi connectivity index (χ2n) is 6.93. The lowest BCUT2D eigenvalue weighted by Gasteiger charge is -2.31. The number of likely N-dealkylation sites (tertiary alicyclic amines) is 1. The van der Waals surface area contributed by atoms with Gasteiger partial charge in [-0.15, -0.1) is 0 Å². The average molecular weight is 431 g/mol. The molecule has 0 aliphatic carbocycles. The number of carbonyl (C=O) groups excluding carboxylic acids is 1. The normalized spacial score (nSPS) is 17.4. The number of benzene rings is 2. The third-order valence-electron chi connectivity index (χ3n) is 5.06. The van der Waals surface area contributed by atoms with Crippen LogP contribution < -0.4 is 0 Å². The SMILES string of the molecule is O=C(CCc1ccc(Br)cc1F)N1CCCC(c2nc3ccccc3o2)C1. The summed E-state index contributed by atoms with van der Waals surface area (Å²) in [6, 6.07) is 12.7. The van der Waals surface area contributed by atoms with Crippen LogP contribution in [0.3, 0.4) is 0 Å². The van der Waals surface area contributed by atoms with E-state index in [1.165, 1.54) is 6.07 Å². The quantitative estimate of drug-likeness (QED) is 0.580. The number of para-hydroxylation sites is 2. The minimum Gasteiger partial charge on any atom is -0.440 e. The number of carbonyl (C=O) groups is 1. The van der Waals surface area contributed by atoms with Crippen molar-refractivity contribution in [3.63, 3.8) is 0 Å². The third kappa shape index (κ3) is 4.05. The van der Waals surface area contributed by atoms with E-state index >= 15 is 0 Å². The fourth-order valence-electron chi connectivity index (χ4n) is 3.59. The predicted octanol–water partition coefficient (Wildman–Crippen LogP) is 5.07. The zero-order valence-electron chi connectivity index (χ0n) is 14.8. The Kier molecular flexibility index (Phi) is 5.25. The maximum atomic E-state index is 14.0. The first-order chi connectivity index (χ1) is 13.1. The summed E-state index contributed by atoms with van der Waals surface area (Å²) >= 11 is 3.25. The summed E-state index contributed by atoms with van der Waals surface area (Å²) in [6.07, 6.45) is 2.58. The molecular formula is C21H20BrFN2O2. The molecule has 4 nitrogen and oxygen atoms in total. The summed E-state index contributed by atoms with van der Waals surface area (Å²) in [7, 11) is 0. The van der Waals surface area contributed by atoms with Crippen LogP contribution in [-0.2, 0) is 11.2 Å². The lowest BCUT2D eigenvalue weighted by atomic mass is 9.97. The molecule has 6 heteroatoms. The highest BCUT2D eigenvalue weighted by Crippen LogP contribution is 2.29. The van der Waals surface area contributed by atoms with Crippen molar-refractivity contribution < 1.29 is 13.6 Å². The smallest absolute Gasteiger partial charge is 0.222 e. The first-order valence-electron chi connectivity index (χ1n) is 9.17. The fourth-order valence-corrected chi connectivity index (χ4v) is 3.93. The number of halogens is 2. The molecule has 140 valence electrons. The lowest BCUT2D eigenvalue weighted by molar-refractivity contribution is -0.132. The molecule has 0 saturated carbocycles. The number of hydrogen-bond acceptors (Lipinski definition) is 3. The molecule has 1 atom stereocenters. The number of aromatic nitrogens is 1. The summed E-state index contributed by atoms with van der Waals surface area (Å²) in [6.45, 7) is 1.34. The van der Waals surface area contributed by atoms with E-state index in [2.05, 4.69) is 20.9 Å². The van der Waals surface area contributed by atoms with Gasteiger partial charge in [0.1, 0.15) is 11.3 Å². The van der Waals surface area contributed by atoms with Crippen LogP contribution in [0.25, 0.3) is 11.1 Å². The largest absolute Gasteiger partial charge is 0.440 e. The predicted molar refractivity (Wildman–Crippen MR) is 105 cm³/mol. The number of aryl methyl sites for hydroxylation is 1. The van der Waals surface area contributed by atoms with Crippen LogP contribution in [0.15, 0.2) is 51.4 Å². The van der Waals surface area contributed by atoms with Gasteiger partial charge in [0.05, 0.1) is 5.92 Å². The summed E-state index contributed by atoms with van der Waals surface area (Å²) in [5.41, 5.74) is 2.20. The molecule has 27 heavy (non-hydrogen) atoms. The van der Waals surface area contributed by atoms with Gasteiger partial charge in [-0.1, -0.05) is 34.1 Å². The fraction of sp³-hybridized carbons (Fsp3) is 0.333. The highest BCUT2D eigenvalue weighted by Gasteiger charge is 2.28. The van der Waals surface area contributed by atoms with Crippen LogP contribution in [0.4, 0.5) is 4.39 Å². The van der Waals surface area contributed by atoms with Crippen LogP contribution >= 0.6 is 15.9 Å².